The van der Waals surface area contributed by atoms with Gasteiger partial charge in [-0.3, -0.25) is 19.4 Å². The van der Waals surface area contributed by atoms with Crippen LogP contribution in [0.2, 0.25) is 0 Å². The predicted molar refractivity (Wildman–Crippen MR) is 95.9 cm³/mol. The number of anilines is 1. The summed E-state index contributed by atoms with van der Waals surface area (Å²) in [6.07, 6.45) is 1.31. The number of aromatic amines is 1. The summed E-state index contributed by atoms with van der Waals surface area (Å²) in [5.74, 6) is 0.245. The highest BCUT2D eigenvalue weighted by molar-refractivity contribution is 6.04. The van der Waals surface area contributed by atoms with Gasteiger partial charge in [-0.2, -0.15) is 9.78 Å². The van der Waals surface area contributed by atoms with Crippen LogP contribution < -0.4 is 10.9 Å². The highest BCUT2D eigenvalue weighted by Crippen LogP contribution is 2.15. The Morgan fingerprint density at radius 3 is 2.65 bits per heavy atom. The molecule has 0 bridgehead atoms. The molecule has 1 aromatic carbocycles. The molecular formula is C18H17N5O3. The van der Waals surface area contributed by atoms with Crippen molar-refractivity contribution in [3.63, 3.8) is 0 Å². The van der Waals surface area contributed by atoms with E-state index in [1.165, 1.54) is 10.7 Å². The minimum atomic E-state index is -0.363. The van der Waals surface area contributed by atoms with Gasteiger partial charge in [-0.05, 0) is 25.5 Å². The number of carbonyl (C=O) groups excluding carboxylic acids is 2. The minimum absolute atomic E-state index is 0.231. The van der Waals surface area contributed by atoms with E-state index in [0.717, 1.165) is 0 Å². The van der Waals surface area contributed by atoms with E-state index in [0.29, 0.717) is 41.0 Å². The molecular weight excluding hydrogens is 334 g/mol. The topological polar surface area (TPSA) is 110 Å². The molecule has 26 heavy (non-hydrogen) atoms. The van der Waals surface area contributed by atoms with Gasteiger partial charge in [-0.15, -0.1) is 0 Å². The van der Waals surface area contributed by atoms with Crippen molar-refractivity contribution in [2.24, 2.45) is 0 Å². The Morgan fingerprint density at radius 1 is 1.27 bits per heavy atom. The van der Waals surface area contributed by atoms with Crippen LogP contribution in [0.1, 0.15) is 39.0 Å². The van der Waals surface area contributed by atoms with Crippen molar-refractivity contribution in [3.8, 4) is 5.95 Å². The number of H-pyrrole nitrogens is 1. The fourth-order valence-corrected chi connectivity index (χ4v) is 2.43. The second kappa shape index (κ2) is 7.14. The van der Waals surface area contributed by atoms with E-state index in [9.17, 15) is 14.4 Å². The van der Waals surface area contributed by atoms with Crippen LogP contribution in [-0.4, -0.2) is 31.9 Å². The zero-order valence-electron chi connectivity index (χ0n) is 14.3. The first-order chi connectivity index (χ1) is 12.5. The lowest BCUT2D eigenvalue weighted by atomic mass is 10.1. The first kappa shape index (κ1) is 17.3. The van der Waals surface area contributed by atoms with Crippen molar-refractivity contribution < 1.29 is 9.59 Å². The van der Waals surface area contributed by atoms with Gasteiger partial charge in [0.2, 0.25) is 5.95 Å². The molecule has 0 saturated heterocycles. The fraction of sp³-hybridized carbons (Fsp3) is 0.167. The number of hydrogen-bond donors (Lipinski definition) is 2. The highest BCUT2D eigenvalue weighted by atomic mass is 16.2. The maximum Gasteiger partial charge on any atom is 0.256 e. The summed E-state index contributed by atoms with van der Waals surface area (Å²) in [6, 6.07) is 9.35. The van der Waals surface area contributed by atoms with E-state index in [2.05, 4.69) is 20.4 Å². The normalized spacial score (nSPS) is 10.5. The van der Waals surface area contributed by atoms with E-state index in [1.807, 2.05) is 6.92 Å². The van der Waals surface area contributed by atoms with Crippen molar-refractivity contribution >= 4 is 18.0 Å². The molecule has 3 aromatic rings. The van der Waals surface area contributed by atoms with Gasteiger partial charge < -0.3 is 5.32 Å². The van der Waals surface area contributed by atoms with Crippen LogP contribution in [0.15, 0.2) is 41.2 Å². The van der Waals surface area contributed by atoms with Gasteiger partial charge in [0.15, 0.2) is 0 Å². The summed E-state index contributed by atoms with van der Waals surface area (Å²) in [7, 11) is 0. The molecule has 0 saturated carbocycles. The van der Waals surface area contributed by atoms with Gasteiger partial charge in [0, 0.05) is 29.0 Å². The van der Waals surface area contributed by atoms with E-state index >= 15 is 0 Å². The second-order valence-corrected chi connectivity index (χ2v) is 5.69. The molecule has 0 unspecified atom stereocenters. The third-order valence-electron chi connectivity index (χ3n) is 3.73. The summed E-state index contributed by atoms with van der Waals surface area (Å²) in [5, 5.41) is 7.05. The molecule has 0 radical (unpaired) electrons. The number of nitrogens with one attached hydrogen (secondary N) is 2. The molecule has 0 atom stereocenters. The summed E-state index contributed by atoms with van der Waals surface area (Å²) in [4.78, 5) is 42.0. The van der Waals surface area contributed by atoms with Crippen molar-refractivity contribution in [1.82, 2.24) is 19.7 Å². The maximum absolute atomic E-state index is 12.5. The van der Waals surface area contributed by atoms with E-state index in [4.69, 9.17) is 0 Å². The summed E-state index contributed by atoms with van der Waals surface area (Å²) in [6.45, 7) is 3.67. The molecule has 8 nitrogen and oxygen atoms in total. The largest absolute Gasteiger partial charge is 0.306 e. The van der Waals surface area contributed by atoms with Gasteiger partial charge in [-0.1, -0.05) is 19.1 Å². The molecule has 0 aliphatic carbocycles. The Bertz CT molecular complexity index is 1020. The predicted octanol–water partition coefficient (Wildman–Crippen LogP) is 1.89. The number of carbonyl (C=O) groups is 2. The molecule has 8 heteroatoms. The summed E-state index contributed by atoms with van der Waals surface area (Å²) in [5.41, 5.74) is 1.87. The molecule has 2 aromatic heterocycles. The monoisotopic (exact) mass is 351 g/mol. The quantitative estimate of drug-likeness (QED) is 0.682. The lowest BCUT2D eigenvalue weighted by Crippen LogP contribution is -2.19. The molecule has 2 N–H and O–H groups in total. The smallest absolute Gasteiger partial charge is 0.256 e. The number of aryl methyl sites for hydroxylation is 2. The minimum Gasteiger partial charge on any atom is -0.306 e. The zero-order valence-corrected chi connectivity index (χ0v) is 14.3. The van der Waals surface area contributed by atoms with Crippen molar-refractivity contribution in [3.05, 3.63) is 69.3 Å². The molecule has 3 rings (SSSR count). The zero-order chi connectivity index (χ0) is 18.7. The number of aldehydes is 1. The van der Waals surface area contributed by atoms with Crippen LogP contribution in [0.4, 0.5) is 5.82 Å². The molecule has 1 amide bonds. The number of hydrogen-bond acceptors (Lipinski definition) is 5. The molecule has 0 spiro atoms. The molecule has 2 heterocycles. The third-order valence-corrected chi connectivity index (χ3v) is 3.73. The SMILES string of the molecule is CCc1cc(=O)[nH]c(-n2nc(C)cc2NC(=O)c2ccc(C=O)cc2)n1. The molecule has 0 fully saturated rings. The number of benzene rings is 1. The maximum atomic E-state index is 12.5. The van der Waals surface area contributed by atoms with Gasteiger partial charge in [-0.25, -0.2) is 4.98 Å². The third kappa shape index (κ3) is 3.59. The van der Waals surface area contributed by atoms with Crippen LogP contribution in [-0.2, 0) is 6.42 Å². The highest BCUT2D eigenvalue weighted by Gasteiger charge is 2.14. The summed E-state index contributed by atoms with van der Waals surface area (Å²) < 4.78 is 1.38. The van der Waals surface area contributed by atoms with Gasteiger partial charge in [0.1, 0.15) is 12.1 Å². The number of nitrogens with zero attached hydrogens (tertiary/aromatic N) is 3. The van der Waals surface area contributed by atoms with Crippen LogP contribution in [0.3, 0.4) is 0 Å². The Hall–Kier alpha value is -3.55. The Kier molecular flexibility index (Phi) is 4.74. The molecule has 0 aliphatic heterocycles. The average Bonchev–Trinajstić information content (AvgIpc) is 3.01. The number of amides is 1. The van der Waals surface area contributed by atoms with E-state index in [1.54, 1.807) is 37.3 Å². The van der Waals surface area contributed by atoms with Crippen LogP contribution in [0.25, 0.3) is 5.95 Å². The molecule has 0 aliphatic rings. The van der Waals surface area contributed by atoms with Crippen molar-refractivity contribution in [1.29, 1.82) is 0 Å². The first-order valence-corrected chi connectivity index (χ1v) is 8.04. The van der Waals surface area contributed by atoms with Crippen LogP contribution in [0.5, 0.6) is 0 Å². The fourth-order valence-electron chi connectivity index (χ4n) is 2.43. The van der Waals surface area contributed by atoms with Crippen molar-refractivity contribution in [2.75, 3.05) is 5.32 Å². The Labute approximate surface area is 148 Å². The standard InChI is InChI=1S/C18H17N5O3/c1-3-14-9-16(25)21-18(19-14)23-15(8-11(2)22-23)20-17(26)13-6-4-12(10-24)5-7-13/h4-10H,3H2,1-2H3,(H,20,26)(H,19,21,25). The first-order valence-electron chi connectivity index (χ1n) is 8.04. The Morgan fingerprint density at radius 2 is 2.00 bits per heavy atom. The summed E-state index contributed by atoms with van der Waals surface area (Å²) >= 11 is 0. The van der Waals surface area contributed by atoms with Gasteiger partial charge >= 0.3 is 0 Å². The van der Waals surface area contributed by atoms with Gasteiger partial charge in [0.25, 0.3) is 11.5 Å². The Balaban J connectivity index is 1.94. The molecule has 132 valence electrons. The van der Waals surface area contributed by atoms with Crippen LogP contribution in [0, 0.1) is 6.92 Å². The van der Waals surface area contributed by atoms with Crippen LogP contribution >= 0.6 is 0 Å². The van der Waals surface area contributed by atoms with E-state index in [-0.39, 0.29) is 17.4 Å². The van der Waals surface area contributed by atoms with Crippen molar-refractivity contribution in [2.45, 2.75) is 20.3 Å². The van der Waals surface area contributed by atoms with E-state index < -0.39 is 0 Å². The number of aromatic nitrogens is 4. The number of rotatable bonds is 5. The van der Waals surface area contributed by atoms with Gasteiger partial charge in [0.05, 0.1) is 5.69 Å². The second-order valence-electron chi connectivity index (χ2n) is 5.69. The lowest BCUT2D eigenvalue weighted by molar-refractivity contribution is 0.102. The average molecular weight is 351 g/mol. The lowest BCUT2D eigenvalue weighted by Gasteiger charge is -2.09.